The van der Waals surface area contributed by atoms with Crippen molar-refractivity contribution in [2.75, 3.05) is 12.0 Å². The molecule has 8 nitrogen and oxygen atoms in total. The fourth-order valence-corrected chi connectivity index (χ4v) is 6.60. The Balaban J connectivity index is 1.38. The smallest absolute Gasteiger partial charge is 0.296 e. The number of halogens is 1. The molecule has 0 saturated heterocycles. The molecule has 2 aromatic heterocycles. The minimum Gasteiger partial charge on any atom is -0.503 e. The molecule has 1 aliphatic rings. The zero-order valence-corrected chi connectivity index (χ0v) is 24.1. The van der Waals surface area contributed by atoms with Crippen LogP contribution in [0.15, 0.2) is 103 Å². The van der Waals surface area contributed by atoms with E-state index < -0.39 is 23.5 Å². The Bertz CT molecular complexity index is 1770. The lowest BCUT2D eigenvalue weighted by molar-refractivity contribution is -0.117. The van der Waals surface area contributed by atoms with Crippen LogP contribution in [0.5, 0.6) is 5.75 Å². The van der Waals surface area contributed by atoms with Gasteiger partial charge in [-0.25, -0.2) is 0 Å². The van der Waals surface area contributed by atoms with E-state index in [0.717, 1.165) is 10.0 Å². The first-order chi connectivity index (χ1) is 19.4. The van der Waals surface area contributed by atoms with Crippen molar-refractivity contribution < 1.29 is 23.8 Å². The van der Waals surface area contributed by atoms with E-state index in [2.05, 4.69) is 26.1 Å². The van der Waals surface area contributed by atoms with Gasteiger partial charge in [0.15, 0.2) is 27.2 Å². The monoisotopic (exact) mass is 633 g/mol. The van der Waals surface area contributed by atoms with Crippen molar-refractivity contribution >= 4 is 66.8 Å². The number of ether oxygens (including phenoxy) is 1. The van der Waals surface area contributed by atoms with Crippen LogP contribution in [-0.2, 0) is 10.5 Å². The van der Waals surface area contributed by atoms with Gasteiger partial charge in [-0.05, 0) is 35.4 Å². The summed E-state index contributed by atoms with van der Waals surface area (Å²) in [6, 6.07) is 23.1. The third-order valence-corrected chi connectivity index (χ3v) is 9.05. The molecule has 0 fully saturated rings. The lowest BCUT2D eigenvalue weighted by Crippen LogP contribution is -2.31. The normalized spacial score (nSPS) is 15.3. The van der Waals surface area contributed by atoms with E-state index in [0.29, 0.717) is 32.4 Å². The summed E-state index contributed by atoms with van der Waals surface area (Å²) < 4.78 is 12.7. The number of rotatable bonds is 8. The Hall–Kier alpha value is -3.93. The first kappa shape index (κ1) is 26.3. The third kappa shape index (κ3) is 4.80. The predicted octanol–water partition coefficient (Wildman–Crippen LogP) is 7.13. The Morgan fingerprint density at radius 2 is 1.88 bits per heavy atom. The molecule has 1 atom stereocenters. The second kappa shape index (κ2) is 10.9. The van der Waals surface area contributed by atoms with Crippen molar-refractivity contribution in [3.05, 3.63) is 112 Å². The number of hydrogen-bond acceptors (Lipinski definition) is 9. The van der Waals surface area contributed by atoms with Gasteiger partial charge in [-0.15, -0.1) is 10.2 Å². The number of carbonyl (C=O) groups is 2. The molecule has 5 aromatic rings. The van der Waals surface area contributed by atoms with E-state index in [4.69, 9.17) is 9.15 Å². The number of para-hydroxylation sites is 1. The van der Waals surface area contributed by atoms with Gasteiger partial charge in [-0.1, -0.05) is 93.6 Å². The molecule has 0 bridgehead atoms. The van der Waals surface area contributed by atoms with Crippen LogP contribution in [0.3, 0.4) is 0 Å². The van der Waals surface area contributed by atoms with E-state index in [1.165, 1.54) is 35.1 Å². The van der Waals surface area contributed by atoms with E-state index in [-0.39, 0.29) is 16.5 Å². The third-order valence-electron chi connectivity index (χ3n) is 6.40. The number of carbonyl (C=O) groups excluding carboxylic acids is 2. The van der Waals surface area contributed by atoms with Crippen LogP contribution >= 0.6 is 39.0 Å². The van der Waals surface area contributed by atoms with Gasteiger partial charge in [0.05, 0.1) is 18.7 Å². The summed E-state index contributed by atoms with van der Waals surface area (Å²) in [4.78, 5) is 28.7. The summed E-state index contributed by atoms with van der Waals surface area (Å²) in [5.41, 5.74) is 2.05. The lowest BCUT2D eigenvalue weighted by Gasteiger charge is -2.23. The summed E-state index contributed by atoms with van der Waals surface area (Å²) >= 11 is 6.15. The molecule has 200 valence electrons. The molecule has 11 heteroatoms. The second-order valence-electron chi connectivity index (χ2n) is 8.83. The molecular formula is C29H20BrN3O5S2. The molecule has 1 unspecified atom stereocenters. The number of aliphatic hydroxyl groups excluding tert-OH is 1. The molecule has 3 aromatic carbocycles. The van der Waals surface area contributed by atoms with Crippen LogP contribution in [0.2, 0.25) is 0 Å². The number of benzene rings is 3. The highest BCUT2D eigenvalue weighted by Gasteiger charge is 2.46. The summed E-state index contributed by atoms with van der Waals surface area (Å²) in [5, 5.41) is 20.6. The number of methoxy groups -OCH3 is 1. The minimum absolute atomic E-state index is 0.0193. The Morgan fingerprint density at radius 3 is 2.62 bits per heavy atom. The van der Waals surface area contributed by atoms with Crippen molar-refractivity contribution in [3.8, 4) is 5.75 Å². The standard InChI is InChI=1S/C29H20BrN3O5S2/c1-37-20-9-5-8-18-14-21(38-26(18)20)24(34)22-23(17-10-12-19(30)13-11-17)33(27(36)25(22)35)28-31-32-29(40-28)39-15-16-6-3-2-4-7-16/h2-14,23,35H,15H2,1H3. The average Bonchev–Trinajstić information content (AvgIpc) is 3.69. The highest BCUT2D eigenvalue weighted by Crippen LogP contribution is 2.44. The van der Waals surface area contributed by atoms with Crippen LogP contribution in [-0.4, -0.2) is 34.1 Å². The first-order valence-electron chi connectivity index (χ1n) is 12.1. The highest BCUT2D eigenvalue weighted by molar-refractivity contribution is 9.10. The number of Topliss-reactive ketones (excluding diaryl/α,β-unsaturated/α-hetero) is 1. The van der Waals surface area contributed by atoms with Crippen LogP contribution in [0.25, 0.3) is 11.0 Å². The number of aromatic nitrogens is 2. The highest BCUT2D eigenvalue weighted by atomic mass is 79.9. The van der Waals surface area contributed by atoms with Crippen molar-refractivity contribution in [3.63, 3.8) is 0 Å². The van der Waals surface area contributed by atoms with Crippen LogP contribution in [0.1, 0.15) is 27.7 Å². The molecule has 0 spiro atoms. The van der Waals surface area contributed by atoms with Gasteiger partial charge < -0.3 is 14.3 Å². The average molecular weight is 635 g/mol. The first-order valence-corrected chi connectivity index (χ1v) is 14.7. The molecule has 0 aliphatic carbocycles. The summed E-state index contributed by atoms with van der Waals surface area (Å²) in [7, 11) is 1.51. The Labute approximate surface area is 245 Å². The van der Waals surface area contributed by atoms with Gasteiger partial charge in [0, 0.05) is 15.6 Å². The van der Waals surface area contributed by atoms with Gasteiger partial charge in [0.1, 0.15) is 0 Å². The zero-order valence-electron chi connectivity index (χ0n) is 20.9. The fraction of sp³-hybridized carbons (Fsp3) is 0.103. The van der Waals surface area contributed by atoms with Crippen molar-refractivity contribution in [2.24, 2.45) is 0 Å². The zero-order chi connectivity index (χ0) is 27.8. The number of aliphatic hydroxyl groups is 1. The number of thioether (sulfide) groups is 1. The van der Waals surface area contributed by atoms with Crippen molar-refractivity contribution in [1.82, 2.24) is 10.2 Å². The SMILES string of the molecule is COc1cccc2cc(C(=O)C3=C(O)C(=O)N(c4nnc(SCc5ccccc5)s4)C3c3ccc(Br)cc3)oc12. The van der Waals surface area contributed by atoms with E-state index in [1.807, 2.05) is 42.5 Å². The van der Waals surface area contributed by atoms with Crippen molar-refractivity contribution in [2.45, 2.75) is 16.1 Å². The second-order valence-corrected chi connectivity index (χ2v) is 11.9. The molecule has 1 aliphatic heterocycles. The van der Waals surface area contributed by atoms with Gasteiger partial charge in [0.25, 0.3) is 5.91 Å². The topological polar surface area (TPSA) is 106 Å². The van der Waals surface area contributed by atoms with Crippen LogP contribution in [0.4, 0.5) is 5.13 Å². The largest absolute Gasteiger partial charge is 0.503 e. The maximum Gasteiger partial charge on any atom is 0.296 e. The predicted molar refractivity (Wildman–Crippen MR) is 157 cm³/mol. The van der Waals surface area contributed by atoms with Gasteiger partial charge in [-0.2, -0.15) is 0 Å². The molecule has 40 heavy (non-hydrogen) atoms. The van der Waals surface area contributed by atoms with Gasteiger partial charge >= 0.3 is 0 Å². The number of anilines is 1. The number of ketones is 1. The quantitative estimate of drug-likeness (QED) is 0.109. The molecule has 3 heterocycles. The minimum atomic E-state index is -0.942. The Morgan fingerprint density at radius 1 is 1.10 bits per heavy atom. The van der Waals surface area contributed by atoms with E-state index in [1.54, 1.807) is 36.4 Å². The summed E-state index contributed by atoms with van der Waals surface area (Å²) in [6.07, 6.45) is 0. The molecule has 6 rings (SSSR count). The number of hydrogen-bond donors (Lipinski definition) is 1. The van der Waals surface area contributed by atoms with Crippen LogP contribution in [0, 0.1) is 0 Å². The summed E-state index contributed by atoms with van der Waals surface area (Å²) in [5.74, 6) is -0.864. The van der Waals surface area contributed by atoms with Gasteiger partial charge in [0.2, 0.25) is 10.9 Å². The number of amides is 1. The summed E-state index contributed by atoms with van der Waals surface area (Å²) in [6.45, 7) is 0. The number of fused-ring (bicyclic) bond motifs is 1. The van der Waals surface area contributed by atoms with Crippen LogP contribution < -0.4 is 9.64 Å². The maximum absolute atomic E-state index is 13.9. The number of nitrogens with zero attached hydrogens (tertiary/aromatic N) is 3. The molecule has 0 saturated carbocycles. The Kier molecular flexibility index (Phi) is 7.18. The molecule has 0 radical (unpaired) electrons. The maximum atomic E-state index is 13.9. The lowest BCUT2D eigenvalue weighted by atomic mass is 9.95. The number of furan rings is 1. The molecule has 1 N–H and O–H groups in total. The van der Waals surface area contributed by atoms with E-state index in [9.17, 15) is 14.7 Å². The van der Waals surface area contributed by atoms with Gasteiger partial charge in [-0.3, -0.25) is 14.5 Å². The molecule has 1 amide bonds. The van der Waals surface area contributed by atoms with E-state index >= 15 is 0 Å². The fourth-order valence-electron chi connectivity index (χ4n) is 4.51. The molecular weight excluding hydrogens is 614 g/mol. The van der Waals surface area contributed by atoms with Crippen molar-refractivity contribution in [1.29, 1.82) is 0 Å².